The monoisotopic (exact) mass is 418 g/mol. The molecule has 2 aromatic rings. The summed E-state index contributed by atoms with van der Waals surface area (Å²) in [5.74, 6) is 0.496. The van der Waals surface area contributed by atoms with Crippen molar-refractivity contribution in [2.24, 2.45) is 11.3 Å². The highest BCUT2D eigenvalue weighted by molar-refractivity contribution is 7.16. The molecule has 5 nitrogen and oxygen atoms in total. The van der Waals surface area contributed by atoms with Crippen molar-refractivity contribution in [2.75, 3.05) is 5.32 Å². The summed E-state index contributed by atoms with van der Waals surface area (Å²) >= 11 is 7.73. The first-order valence-electron chi connectivity index (χ1n) is 9.65. The van der Waals surface area contributed by atoms with Crippen LogP contribution >= 0.6 is 22.9 Å². The average Bonchev–Trinajstić information content (AvgIpc) is 3.09. The second-order valence-corrected chi connectivity index (χ2v) is 10.1. The Balaban J connectivity index is 1.71. The Morgan fingerprint density at radius 1 is 1.43 bits per heavy atom. The molecule has 0 spiro atoms. The standard InChI is InChI=1S/C21H27ClN4OS/c1-12-19(22)13(2)26(25-12)9-8-18(27)24-20-16(11-23)15-7-6-14(21(3,4)5)10-17(15)28-20/h14H,6-10H2,1-5H3,(H,24,27)/t14-/m0/s1. The molecule has 0 radical (unpaired) electrons. The van der Waals surface area contributed by atoms with Gasteiger partial charge in [-0.15, -0.1) is 11.3 Å². The molecule has 1 atom stereocenters. The van der Waals surface area contributed by atoms with Crippen molar-refractivity contribution >= 4 is 33.8 Å². The van der Waals surface area contributed by atoms with Crippen molar-refractivity contribution in [3.05, 3.63) is 32.4 Å². The number of hydrogen-bond acceptors (Lipinski definition) is 4. The lowest BCUT2D eigenvalue weighted by Crippen LogP contribution is -2.26. The molecule has 0 unspecified atom stereocenters. The fourth-order valence-electron chi connectivity index (χ4n) is 3.82. The second-order valence-electron chi connectivity index (χ2n) is 8.63. The van der Waals surface area contributed by atoms with Gasteiger partial charge in [-0.3, -0.25) is 9.48 Å². The third-order valence-electron chi connectivity index (χ3n) is 5.70. The number of carbonyl (C=O) groups excluding carboxylic acids is 1. The molecule has 0 saturated carbocycles. The zero-order valence-corrected chi connectivity index (χ0v) is 18.7. The normalized spacial score (nSPS) is 16.5. The minimum atomic E-state index is -0.105. The van der Waals surface area contributed by atoms with Crippen LogP contribution in [0.2, 0.25) is 5.02 Å². The number of nitrogens with one attached hydrogen (secondary N) is 1. The highest BCUT2D eigenvalue weighted by Crippen LogP contribution is 2.44. The van der Waals surface area contributed by atoms with E-state index in [9.17, 15) is 10.1 Å². The minimum absolute atomic E-state index is 0.105. The van der Waals surface area contributed by atoms with E-state index in [1.165, 1.54) is 4.88 Å². The summed E-state index contributed by atoms with van der Waals surface area (Å²) in [7, 11) is 0. The van der Waals surface area contributed by atoms with Crippen molar-refractivity contribution in [1.29, 1.82) is 5.26 Å². The summed E-state index contributed by atoms with van der Waals surface area (Å²) in [4.78, 5) is 13.8. The molecule has 2 aromatic heterocycles. The van der Waals surface area contributed by atoms with E-state index in [0.29, 0.717) is 28.0 Å². The van der Waals surface area contributed by atoms with Gasteiger partial charge in [0.25, 0.3) is 0 Å². The van der Waals surface area contributed by atoms with Crippen LogP contribution in [0.3, 0.4) is 0 Å². The van der Waals surface area contributed by atoms with Crippen LogP contribution in [0.5, 0.6) is 0 Å². The first kappa shape index (κ1) is 20.9. The van der Waals surface area contributed by atoms with Gasteiger partial charge in [-0.1, -0.05) is 32.4 Å². The number of rotatable bonds is 4. The number of amides is 1. The van der Waals surface area contributed by atoms with E-state index in [0.717, 1.165) is 36.2 Å². The number of nitrogens with zero attached hydrogens (tertiary/aromatic N) is 3. The molecule has 1 N–H and O–H groups in total. The molecule has 2 heterocycles. The lowest BCUT2D eigenvalue weighted by atomic mass is 9.72. The lowest BCUT2D eigenvalue weighted by Gasteiger charge is -2.33. The molecule has 1 aliphatic carbocycles. The van der Waals surface area contributed by atoms with Crippen molar-refractivity contribution in [2.45, 2.75) is 66.8 Å². The fourth-order valence-corrected chi connectivity index (χ4v) is 5.25. The van der Waals surface area contributed by atoms with Gasteiger partial charge in [0.2, 0.25) is 5.91 Å². The highest BCUT2D eigenvalue weighted by atomic mass is 35.5. The molecule has 0 fully saturated rings. The molecule has 3 rings (SSSR count). The summed E-state index contributed by atoms with van der Waals surface area (Å²) in [5, 5.41) is 18.3. The largest absolute Gasteiger partial charge is 0.317 e. The first-order valence-corrected chi connectivity index (χ1v) is 10.8. The third kappa shape index (κ3) is 4.11. The van der Waals surface area contributed by atoms with Gasteiger partial charge in [-0.25, -0.2) is 0 Å². The quantitative estimate of drug-likeness (QED) is 0.735. The van der Waals surface area contributed by atoms with Crippen LogP contribution in [0.15, 0.2) is 0 Å². The number of nitriles is 1. The van der Waals surface area contributed by atoms with Gasteiger partial charge in [-0.2, -0.15) is 10.4 Å². The fraction of sp³-hybridized carbons (Fsp3) is 0.571. The van der Waals surface area contributed by atoms with Crippen molar-refractivity contribution < 1.29 is 4.79 Å². The Hall–Kier alpha value is -1.84. The van der Waals surface area contributed by atoms with Crippen LogP contribution in [0.25, 0.3) is 0 Å². The predicted molar refractivity (Wildman–Crippen MR) is 114 cm³/mol. The Morgan fingerprint density at radius 3 is 2.71 bits per heavy atom. The van der Waals surface area contributed by atoms with Crippen molar-refractivity contribution in [1.82, 2.24) is 9.78 Å². The number of fused-ring (bicyclic) bond motifs is 1. The van der Waals surface area contributed by atoms with Crippen LogP contribution in [0.1, 0.15) is 61.0 Å². The van der Waals surface area contributed by atoms with Crippen molar-refractivity contribution in [3.63, 3.8) is 0 Å². The topological polar surface area (TPSA) is 70.7 Å². The van der Waals surface area contributed by atoms with Crippen molar-refractivity contribution in [3.8, 4) is 6.07 Å². The molecule has 1 amide bonds. The number of hydrogen-bond donors (Lipinski definition) is 1. The molecule has 150 valence electrons. The number of aromatic nitrogens is 2. The van der Waals surface area contributed by atoms with E-state index in [1.807, 2.05) is 13.8 Å². The zero-order chi connectivity index (χ0) is 20.6. The van der Waals surface area contributed by atoms with Gasteiger partial charge >= 0.3 is 0 Å². The maximum Gasteiger partial charge on any atom is 0.226 e. The maximum absolute atomic E-state index is 12.5. The Bertz CT molecular complexity index is 945. The van der Waals surface area contributed by atoms with Gasteiger partial charge in [0.05, 0.1) is 28.5 Å². The Labute approximate surface area is 175 Å². The minimum Gasteiger partial charge on any atom is -0.317 e. The van der Waals surface area contributed by atoms with E-state index in [4.69, 9.17) is 11.6 Å². The van der Waals surface area contributed by atoms with Gasteiger partial charge in [0.1, 0.15) is 11.1 Å². The van der Waals surface area contributed by atoms with E-state index in [1.54, 1.807) is 16.0 Å². The van der Waals surface area contributed by atoms with E-state index in [2.05, 4.69) is 37.3 Å². The molecule has 1 aliphatic rings. The number of anilines is 1. The summed E-state index contributed by atoms with van der Waals surface area (Å²) in [6.45, 7) is 11.0. The van der Waals surface area contributed by atoms with Crippen LogP contribution in [-0.2, 0) is 24.2 Å². The molecule has 0 bridgehead atoms. The summed E-state index contributed by atoms with van der Waals surface area (Å²) in [5.41, 5.74) is 3.66. The first-order chi connectivity index (χ1) is 13.1. The smallest absolute Gasteiger partial charge is 0.226 e. The number of aryl methyl sites for hydroxylation is 2. The molecule has 0 aromatic carbocycles. The number of halogens is 1. The molecule has 0 saturated heterocycles. The van der Waals surface area contributed by atoms with Gasteiger partial charge in [-0.05, 0) is 50.0 Å². The average molecular weight is 419 g/mol. The molecular formula is C21H27ClN4OS. The van der Waals surface area contributed by atoms with Crippen LogP contribution in [0, 0.1) is 36.5 Å². The molecule has 7 heteroatoms. The zero-order valence-electron chi connectivity index (χ0n) is 17.1. The molecular weight excluding hydrogens is 392 g/mol. The number of thiophene rings is 1. The van der Waals surface area contributed by atoms with Crippen LogP contribution in [-0.4, -0.2) is 15.7 Å². The van der Waals surface area contributed by atoms with Gasteiger partial charge in [0.15, 0.2) is 0 Å². The van der Waals surface area contributed by atoms with E-state index < -0.39 is 0 Å². The third-order valence-corrected chi connectivity index (χ3v) is 7.42. The number of carbonyl (C=O) groups is 1. The SMILES string of the molecule is Cc1nn(CCC(=O)Nc2sc3c(c2C#N)CC[C@H](C(C)(C)C)C3)c(C)c1Cl. The summed E-state index contributed by atoms with van der Waals surface area (Å²) in [6.07, 6.45) is 3.28. The second kappa shape index (κ2) is 7.88. The van der Waals surface area contributed by atoms with Crippen LogP contribution in [0.4, 0.5) is 5.00 Å². The molecule has 0 aliphatic heterocycles. The molecule has 28 heavy (non-hydrogen) atoms. The van der Waals surface area contributed by atoms with Gasteiger partial charge in [0, 0.05) is 11.3 Å². The lowest BCUT2D eigenvalue weighted by molar-refractivity contribution is -0.116. The van der Waals surface area contributed by atoms with Crippen LogP contribution < -0.4 is 5.32 Å². The summed E-state index contributed by atoms with van der Waals surface area (Å²) in [6, 6.07) is 2.32. The maximum atomic E-state index is 12.5. The Morgan fingerprint density at radius 2 is 2.14 bits per heavy atom. The van der Waals surface area contributed by atoms with E-state index in [-0.39, 0.29) is 17.7 Å². The van der Waals surface area contributed by atoms with Gasteiger partial charge < -0.3 is 5.32 Å². The summed E-state index contributed by atoms with van der Waals surface area (Å²) < 4.78 is 1.76. The highest BCUT2D eigenvalue weighted by Gasteiger charge is 2.32. The van der Waals surface area contributed by atoms with E-state index >= 15 is 0 Å². The Kier molecular flexibility index (Phi) is 5.88. The predicted octanol–water partition coefficient (Wildman–Crippen LogP) is 5.27.